The number of carbonyl (C=O) groups excluding carboxylic acids is 1. The Balaban J connectivity index is 1.55. The van der Waals surface area contributed by atoms with Crippen molar-refractivity contribution in [3.63, 3.8) is 0 Å². The lowest BCUT2D eigenvalue weighted by molar-refractivity contribution is -0.129. The smallest absolute Gasteiger partial charge is 0.363 e. The van der Waals surface area contributed by atoms with Crippen LogP contribution in [0, 0.1) is 0 Å². The van der Waals surface area contributed by atoms with Crippen LogP contribution in [-0.4, -0.2) is 11.9 Å². The molecule has 32 heavy (non-hydrogen) atoms. The molecule has 0 unspecified atom stereocenters. The van der Waals surface area contributed by atoms with E-state index in [9.17, 15) is 4.79 Å². The number of hydrogen-bond acceptors (Lipinski definition) is 4. The Morgan fingerprint density at radius 2 is 1.62 bits per heavy atom. The SMILES string of the molecule is O=C1OC(c2ccc(Cl)cc2)=N/C1=C/c1c(OCc2ccccc2)ccc2ccccc12. The van der Waals surface area contributed by atoms with Crippen LogP contribution >= 0.6 is 11.6 Å². The van der Waals surface area contributed by atoms with Crippen LogP contribution in [-0.2, 0) is 16.1 Å². The zero-order chi connectivity index (χ0) is 21.9. The molecule has 5 heteroatoms. The van der Waals surface area contributed by atoms with E-state index in [4.69, 9.17) is 21.1 Å². The second-order valence-corrected chi connectivity index (χ2v) is 7.75. The van der Waals surface area contributed by atoms with Crippen LogP contribution < -0.4 is 4.74 Å². The molecule has 0 fully saturated rings. The summed E-state index contributed by atoms with van der Waals surface area (Å²) in [5, 5.41) is 2.61. The molecule has 156 valence electrons. The minimum Gasteiger partial charge on any atom is -0.488 e. The Bertz CT molecular complexity index is 1360. The van der Waals surface area contributed by atoms with Gasteiger partial charge in [0.1, 0.15) is 12.4 Å². The molecular formula is C27H18ClNO3. The van der Waals surface area contributed by atoms with Gasteiger partial charge in [0.15, 0.2) is 5.70 Å². The summed E-state index contributed by atoms with van der Waals surface area (Å²) in [7, 11) is 0. The third-order valence-corrected chi connectivity index (χ3v) is 5.41. The summed E-state index contributed by atoms with van der Waals surface area (Å²) in [4.78, 5) is 17.0. The average Bonchev–Trinajstić information content (AvgIpc) is 3.19. The van der Waals surface area contributed by atoms with Crippen LogP contribution in [0.15, 0.2) is 102 Å². The molecule has 0 amide bonds. The first kappa shape index (κ1) is 20.0. The number of benzene rings is 4. The molecule has 1 heterocycles. The number of cyclic esters (lactones) is 1. The molecule has 0 spiro atoms. The van der Waals surface area contributed by atoms with Crippen LogP contribution in [0.4, 0.5) is 0 Å². The van der Waals surface area contributed by atoms with E-state index in [1.807, 2.05) is 66.7 Å². The Morgan fingerprint density at radius 1 is 0.875 bits per heavy atom. The highest BCUT2D eigenvalue weighted by molar-refractivity contribution is 6.30. The molecule has 4 aromatic rings. The molecule has 0 N–H and O–H groups in total. The van der Waals surface area contributed by atoms with Crippen LogP contribution in [0.3, 0.4) is 0 Å². The monoisotopic (exact) mass is 439 g/mol. The first-order valence-corrected chi connectivity index (χ1v) is 10.5. The summed E-state index contributed by atoms with van der Waals surface area (Å²) in [5.74, 6) is 0.421. The normalized spacial score (nSPS) is 14.5. The summed E-state index contributed by atoms with van der Waals surface area (Å²) in [6.07, 6.45) is 1.73. The number of halogens is 1. The molecule has 4 aromatic carbocycles. The van der Waals surface area contributed by atoms with Gasteiger partial charge in [-0.2, -0.15) is 0 Å². The van der Waals surface area contributed by atoms with Gasteiger partial charge in [-0.15, -0.1) is 0 Å². The van der Waals surface area contributed by atoms with Gasteiger partial charge in [0, 0.05) is 16.1 Å². The largest absolute Gasteiger partial charge is 0.488 e. The summed E-state index contributed by atoms with van der Waals surface area (Å²) in [6.45, 7) is 0.416. The van der Waals surface area contributed by atoms with Crippen molar-refractivity contribution in [2.45, 2.75) is 6.61 Å². The van der Waals surface area contributed by atoms with Gasteiger partial charge in [-0.1, -0.05) is 72.3 Å². The second kappa shape index (κ2) is 8.69. The maximum Gasteiger partial charge on any atom is 0.363 e. The molecule has 0 radical (unpaired) electrons. The van der Waals surface area contributed by atoms with Gasteiger partial charge in [0.05, 0.1) is 0 Å². The van der Waals surface area contributed by atoms with Crippen molar-refractivity contribution >= 4 is 40.3 Å². The lowest BCUT2D eigenvalue weighted by Crippen LogP contribution is -2.05. The second-order valence-electron chi connectivity index (χ2n) is 7.32. The van der Waals surface area contributed by atoms with Crippen LogP contribution in [0.25, 0.3) is 16.8 Å². The summed E-state index contributed by atoms with van der Waals surface area (Å²) >= 11 is 5.96. The fourth-order valence-electron chi connectivity index (χ4n) is 3.55. The van der Waals surface area contributed by atoms with Gasteiger partial charge in [0.2, 0.25) is 5.90 Å². The number of fused-ring (bicyclic) bond motifs is 1. The number of rotatable bonds is 5. The van der Waals surface area contributed by atoms with Gasteiger partial charge in [-0.3, -0.25) is 0 Å². The van der Waals surface area contributed by atoms with Crippen molar-refractivity contribution in [3.8, 4) is 5.75 Å². The highest BCUT2D eigenvalue weighted by Gasteiger charge is 2.25. The minimum atomic E-state index is -0.503. The van der Waals surface area contributed by atoms with Gasteiger partial charge >= 0.3 is 5.97 Å². The third-order valence-electron chi connectivity index (χ3n) is 5.16. The molecule has 0 aliphatic carbocycles. The van der Waals surface area contributed by atoms with E-state index < -0.39 is 5.97 Å². The quantitative estimate of drug-likeness (QED) is 0.266. The van der Waals surface area contributed by atoms with Gasteiger partial charge in [-0.25, -0.2) is 9.79 Å². The highest BCUT2D eigenvalue weighted by atomic mass is 35.5. The molecule has 0 saturated carbocycles. The van der Waals surface area contributed by atoms with Gasteiger partial charge in [0.25, 0.3) is 0 Å². The molecule has 0 atom stereocenters. The Hall–Kier alpha value is -3.89. The number of hydrogen-bond donors (Lipinski definition) is 0. The predicted octanol–water partition coefficient (Wildman–Crippen LogP) is 6.42. The van der Waals surface area contributed by atoms with E-state index in [0.29, 0.717) is 22.9 Å². The van der Waals surface area contributed by atoms with Crippen LogP contribution in [0.1, 0.15) is 16.7 Å². The Kier molecular flexibility index (Phi) is 5.44. The van der Waals surface area contributed by atoms with E-state index in [1.165, 1.54) is 0 Å². The Labute approximate surface area is 190 Å². The van der Waals surface area contributed by atoms with Gasteiger partial charge in [-0.05, 0) is 52.7 Å². The van der Waals surface area contributed by atoms with E-state index in [2.05, 4.69) is 4.99 Å². The fourth-order valence-corrected chi connectivity index (χ4v) is 3.67. The molecule has 0 bridgehead atoms. The molecular weight excluding hydrogens is 422 g/mol. The number of esters is 1. The first-order valence-electron chi connectivity index (χ1n) is 10.1. The third kappa shape index (κ3) is 4.13. The van der Waals surface area contributed by atoms with Crippen molar-refractivity contribution in [2.24, 2.45) is 4.99 Å². The molecule has 0 aromatic heterocycles. The lowest BCUT2D eigenvalue weighted by atomic mass is 10.0. The maximum atomic E-state index is 12.6. The molecule has 1 aliphatic rings. The summed E-state index contributed by atoms with van der Waals surface area (Å²) in [5.41, 5.74) is 2.75. The zero-order valence-electron chi connectivity index (χ0n) is 17.0. The predicted molar refractivity (Wildman–Crippen MR) is 127 cm³/mol. The summed E-state index contributed by atoms with van der Waals surface area (Å²) < 4.78 is 11.6. The van der Waals surface area contributed by atoms with E-state index in [-0.39, 0.29) is 11.6 Å². The van der Waals surface area contributed by atoms with E-state index in [0.717, 1.165) is 21.9 Å². The van der Waals surface area contributed by atoms with E-state index in [1.54, 1.807) is 30.3 Å². The standard InChI is InChI=1S/C27H18ClNO3/c28-21-13-10-20(11-14-21)26-29-24(27(30)32-26)16-23-22-9-5-4-8-19(22)12-15-25(23)31-17-18-6-2-1-3-7-18/h1-16H,17H2/b24-16+. The van der Waals surface area contributed by atoms with Crippen molar-refractivity contribution < 1.29 is 14.3 Å². The fraction of sp³-hybridized carbons (Fsp3) is 0.0370. The topological polar surface area (TPSA) is 47.9 Å². The first-order chi connectivity index (χ1) is 15.7. The zero-order valence-corrected chi connectivity index (χ0v) is 17.8. The minimum absolute atomic E-state index is 0.218. The highest BCUT2D eigenvalue weighted by Crippen LogP contribution is 2.32. The number of carbonyl (C=O) groups is 1. The lowest BCUT2D eigenvalue weighted by Gasteiger charge is -2.12. The number of nitrogens with zero attached hydrogens (tertiary/aromatic N) is 1. The molecule has 1 aliphatic heterocycles. The van der Waals surface area contributed by atoms with E-state index >= 15 is 0 Å². The Morgan fingerprint density at radius 3 is 2.44 bits per heavy atom. The van der Waals surface area contributed by atoms with Crippen molar-refractivity contribution in [1.82, 2.24) is 0 Å². The molecule has 5 rings (SSSR count). The van der Waals surface area contributed by atoms with Crippen molar-refractivity contribution in [1.29, 1.82) is 0 Å². The maximum absolute atomic E-state index is 12.6. The molecule has 0 saturated heterocycles. The number of ether oxygens (including phenoxy) is 2. The summed E-state index contributed by atoms with van der Waals surface area (Å²) in [6, 6.07) is 28.8. The van der Waals surface area contributed by atoms with Crippen molar-refractivity contribution in [3.05, 3.63) is 118 Å². The van der Waals surface area contributed by atoms with Crippen LogP contribution in [0.5, 0.6) is 5.75 Å². The average molecular weight is 440 g/mol. The van der Waals surface area contributed by atoms with Crippen molar-refractivity contribution in [2.75, 3.05) is 0 Å². The van der Waals surface area contributed by atoms with Crippen LogP contribution in [0.2, 0.25) is 5.02 Å². The van der Waals surface area contributed by atoms with Gasteiger partial charge < -0.3 is 9.47 Å². The molecule has 4 nitrogen and oxygen atoms in total. The number of aliphatic imine (C=N–C) groups is 1.